The summed E-state index contributed by atoms with van der Waals surface area (Å²) in [7, 11) is 0. The highest BCUT2D eigenvalue weighted by Gasteiger charge is 2.08. The second-order valence-corrected chi connectivity index (χ2v) is 5.98. The number of hydrogen-bond donors (Lipinski definition) is 1. The molecule has 2 aromatic rings. The van der Waals surface area contributed by atoms with Crippen LogP contribution in [0.1, 0.15) is 12.5 Å². The van der Waals surface area contributed by atoms with E-state index in [-0.39, 0.29) is 0 Å². The number of rotatable bonds is 7. The molecule has 0 fully saturated rings. The zero-order chi connectivity index (χ0) is 14.4. The molecule has 108 valence electrons. The van der Waals surface area contributed by atoms with Crippen LogP contribution >= 0.6 is 31.9 Å². The Morgan fingerprint density at radius 1 is 1.30 bits per heavy atom. The maximum atomic E-state index is 5.57. The number of ether oxygens (including phenoxy) is 1. The summed E-state index contributed by atoms with van der Waals surface area (Å²) < 4.78 is 9.42. The van der Waals surface area contributed by atoms with Crippen LogP contribution in [0.5, 0.6) is 5.75 Å². The summed E-state index contributed by atoms with van der Waals surface area (Å²) in [6, 6.07) is 6.09. The third-order valence-electron chi connectivity index (χ3n) is 2.75. The molecule has 2 rings (SSSR count). The van der Waals surface area contributed by atoms with Crippen molar-refractivity contribution in [2.24, 2.45) is 0 Å². The molecule has 0 bridgehead atoms. The molecule has 1 aromatic heterocycles. The molecule has 0 aliphatic heterocycles. The van der Waals surface area contributed by atoms with E-state index in [9.17, 15) is 0 Å². The zero-order valence-corrected chi connectivity index (χ0v) is 14.4. The minimum atomic E-state index is 0.651. The summed E-state index contributed by atoms with van der Waals surface area (Å²) >= 11 is 7.09. The van der Waals surface area contributed by atoms with E-state index in [0.29, 0.717) is 6.61 Å². The molecule has 0 spiro atoms. The molecule has 0 saturated heterocycles. The van der Waals surface area contributed by atoms with Crippen molar-refractivity contribution in [3.63, 3.8) is 0 Å². The van der Waals surface area contributed by atoms with E-state index in [1.54, 1.807) is 6.20 Å². The molecule has 0 aliphatic carbocycles. The van der Waals surface area contributed by atoms with Gasteiger partial charge in [-0.05, 0) is 62.5 Å². The van der Waals surface area contributed by atoms with Crippen molar-refractivity contribution in [1.29, 1.82) is 0 Å². The van der Waals surface area contributed by atoms with Crippen LogP contribution in [0.2, 0.25) is 0 Å². The monoisotopic (exact) mass is 401 g/mol. The van der Waals surface area contributed by atoms with Crippen molar-refractivity contribution in [1.82, 2.24) is 15.1 Å². The average molecular weight is 403 g/mol. The molecule has 1 heterocycles. The molecule has 6 heteroatoms. The topological polar surface area (TPSA) is 39.1 Å². The first-order valence-electron chi connectivity index (χ1n) is 6.49. The van der Waals surface area contributed by atoms with Gasteiger partial charge in [-0.25, -0.2) is 0 Å². The van der Waals surface area contributed by atoms with Crippen molar-refractivity contribution in [2.75, 3.05) is 13.2 Å². The van der Waals surface area contributed by atoms with Gasteiger partial charge in [-0.1, -0.05) is 0 Å². The summed E-state index contributed by atoms with van der Waals surface area (Å²) in [5, 5.41) is 7.57. The largest absolute Gasteiger partial charge is 0.492 e. The molecule has 0 unspecified atom stereocenters. The van der Waals surface area contributed by atoms with Gasteiger partial charge in [0.15, 0.2) is 0 Å². The Hall–Kier alpha value is -0.850. The lowest BCUT2D eigenvalue weighted by Crippen LogP contribution is -2.19. The lowest BCUT2D eigenvalue weighted by Gasteiger charge is -2.11. The van der Waals surface area contributed by atoms with Gasteiger partial charge < -0.3 is 10.1 Å². The Morgan fingerprint density at radius 2 is 2.05 bits per heavy atom. The van der Waals surface area contributed by atoms with Crippen LogP contribution in [0.25, 0.3) is 0 Å². The van der Waals surface area contributed by atoms with Crippen LogP contribution in [0, 0.1) is 0 Å². The van der Waals surface area contributed by atoms with Gasteiger partial charge in [-0.2, -0.15) is 5.10 Å². The van der Waals surface area contributed by atoms with Gasteiger partial charge in [0.2, 0.25) is 0 Å². The molecule has 0 amide bonds. The van der Waals surface area contributed by atoms with Crippen LogP contribution in [-0.2, 0) is 13.1 Å². The van der Waals surface area contributed by atoms with E-state index < -0.39 is 0 Å². The van der Waals surface area contributed by atoms with E-state index >= 15 is 0 Å². The Bertz CT molecular complexity index is 520. The zero-order valence-electron chi connectivity index (χ0n) is 11.3. The van der Waals surface area contributed by atoms with E-state index in [2.05, 4.69) is 54.4 Å². The number of hydrogen-bond acceptors (Lipinski definition) is 3. The fraction of sp³-hybridized carbons (Fsp3) is 0.357. The number of benzene rings is 1. The minimum Gasteiger partial charge on any atom is -0.492 e. The van der Waals surface area contributed by atoms with Crippen molar-refractivity contribution in [2.45, 2.75) is 20.0 Å². The molecule has 4 nitrogen and oxygen atoms in total. The van der Waals surface area contributed by atoms with Gasteiger partial charge in [-0.3, -0.25) is 4.68 Å². The first-order chi connectivity index (χ1) is 9.70. The van der Waals surface area contributed by atoms with Crippen LogP contribution < -0.4 is 10.1 Å². The highest BCUT2D eigenvalue weighted by atomic mass is 79.9. The summed E-state index contributed by atoms with van der Waals surface area (Å²) in [5.74, 6) is 0.854. The van der Waals surface area contributed by atoms with Crippen molar-refractivity contribution >= 4 is 31.9 Å². The molecule has 0 atom stereocenters. The molecular weight excluding hydrogens is 386 g/mol. The fourth-order valence-corrected chi connectivity index (χ4v) is 3.37. The summed E-state index contributed by atoms with van der Waals surface area (Å²) in [6.45, 7) is 5.18. The van der Waals surface area contributed by atoms with Gasteiger partial charge in [0.05, 0.1) is 22.1 Å². The minimum absolute atomic E-state index is 0.651. The van der Waals surface area contributed by atoms with Crippen molar-refractivity contribution < 1.29 is 4.74 Å². The van der Waals surface area contributed by atoms with Gasteiger partial charge >= 0.3 is 0 Å². The summed E-state index contributed by atoms with van der Waals surface area (Å²) in [6.07, 6.45) is 3.76. The smallest absolute Gasteiger partial charge is 0.147 e. The second kappa shape index (κ2) is 7.81. The molecule has 0 aliphatic rings. The molecule has 1 N–H and O–H groups in total. The van der Waals surface area contributed by atoms with E-state index in [1.807, 2.05) is 23.9 Å². The Morgan fingerprint density at radius 3 is 2.65 bits per heavy atom. The second-order valence-electron chi connectivity index (χ2n) is 4.27. The fourth-order valence-electron chi connectivity index (χ4n) is 1.86. The van der Waals surface area contributed by atoms with Crippen LogP contribution in [0.15, 0.2) is 39.5 Å². The first kappa shape index (κ1) is 15.5. The SMILES string of the molecule is CCOc1c(Br)cc(CNCCn2cccn2)cc1Br. The average Bonchev–Trinajstić information content (AvgIpc) is 2.92. The van der Waals surface area contributed by atoms with Gasteiger partial charge in [0.1, 0.15) is 5.75 Å². The maximum Gasteiger partial charge on any atom is 0.147 e. The molecule has 0 saturated carbocycles. The molecule has 0 radical (unpaired) electrons. The van der Waals surface area contributed by atoms with Gasteiger partial charge in [-0.15, -0.1) is 0 Å². The van der Waals surface area contributed by atoms with E-state index in [1.165, 1.54) is 5.56 Å². The lowest BCUT2D eigenvalue weighted by atomic mass is 10.2. The van der Waals surface area contributed by atoms with Gasteiger partial charge in [0, 0.05) is 25.5 Å². The standard InChI is InChI=1S/C14H17Br2N3O/c1-2-20-14-12(15)8-11(9-13(14)16)10-17-5-7-19-6-3-4-18-19/h3-4,6,8-9,17H,2,5,7,10H2,1H3. The lowest BCUT2D eigenvalue weighted by molar-refractivity contribution is 0.336. The number of nitrogens with zero attached hydrogens (tertiary/aromatic N) is 2. The normalized spacial score (nSPS) is 10.8. The summed E-state index contributed by atoms with van der Waals surface area (Å²) in [5.41, 5.74) is 1.20. The highest BCUT2D eigenvalue weighted by Crippen LogP contribution is 2.34. The highest BCUT2D eigenvalue weighted by molar-refractivity contribution is 9.11. The van der Waals surface area contributed by atoms with Gasteiger partial charge in [0.25, 0.3) is 0 Å². The Kier molecular flexibility index (Phi) is 6.06. The predicted octanol–water partition coefficient (Wildman–Crippen LogP) is 3.60. The Labute approximate surface area is 135 Å². The number of halogens is 2. The quantitative estimate of drug-likeness (QED) is 0.719. The molecule has 1 aromatic carbocycles. The number of aromatic nitrogens is 2. The maximum absolute atomic E-state index is 5.57. The van der Waals surface area contributed by atoms with Crippen molar-refractivity contribution in [3.8, 4) is 5.75 Å². The molecule has 20 heavy (non-hydrogen) atoms. The third kappa shape index (κ3) is 4.33. The Balaban J connectivity index is 1.86. The summed E-state index contributed by atoms with van der Waals surface area (Å²) in [4.78, 5) is 0. The van der Waals surface area contributed by atoms with E-state index in [0.717, 1.165) is 34.3 Å². The van der Waals surface area contributed by atoms with Crippen LogP contribution in [0.4, 0.5) is 0 Å². The van der Waals surface area contributed by atoms with Crippen LogP contribution in [0.3, 0.4) is 0 Å². The first-order valence-corrected chi connectivity index (χ1v) is 8.08. The van der Waals surface area contributed by atoms with Crippen LogP contribution in [-0.4, -0.2) is 22.9 Å². The molecular formula is C14H17Br2N3O. The predicted molar refractivity (Wildman–Crippen MR) is 86.9 cm³/mol. The van der Waals surface area contributed by atoms with Crippen molar-refractivity contribution in [3.05, 3.63) is 45.1 Å². The number of nitrogens with one attached hydrogen (secondary N) is 1. The van der Waals surface area contributed by atoms with E-state index in [4.69, 9.17) is 4.74 Å². The third-order valence-corrected chi connectivity index (χ3v) is 3.93.